The number of rotatable bonds is 2. The number of amides is 1. The molecular weight excluding hydrogens is 134 g/mol. The quantitative estimate of drug-likeness (QED) is 0.598. The van der Waals surface area contributed by atoms with Gasteiger partial charge in [0.2, 0.25) is 5.91 Å². The van der Waals surface area contributed by atoms with E-state index in [0.29, 0.717) is 5.76 Å². The molecule has 0 aliphatic carbocycles. The van der Waals surface area contributed by atoms with Crippen molar-refractivity contribution in [2.24, 2.45) is 5.73 Å². The molecule has 4 heteroatoms. The van der Waals surface area contributed by atoms with Crippen LogP contribution >= 0.6 is 0 Å². The summed E-state index contributed by atoms with van der Waals surface area (Å²) in [5.74, 6) is -0.0137. The van der Waals surface area contributed by atoms with Crippen molar-refractivity contribution >= 4 is 5.91 Å². The number of hydrogen-bond acceptors (Lipinski definition) is 3. The number of nitrogens with two attached hydrogens (primary N) is 1. The maximum atomic E-state index is 10.3. The summed E-state index contributed by atoms with van der Waals surface area (Å²) in [6, 6.07) is 0. The fourth-order valence-corrected chi connectivity index (χ4v) is 0.545. The Labute approximate surface area is 57.9 Å². The first-order chi connectivity index (χ1) is 4.79. The van der Waals surface area contributed by atoms with Crippen LogP contribution in [-0.4, -0.2) is 5.91 Å². The maximum absolute atomic E-state index is 10.3. The molecule has 0 atom stereocenters. The van der Waals surface area contributed by atoms with Gasteiger partial charge in [-0.1, -0.05) is 0 Å². The first kappa shape index (κ1) is 6.67. The van der Waals surface area contributed by atoms with Gasteiger partial charge in [-0.3, -0.25) is 4.79 Å². The number of primary amides is 1. The van der Waals surface area contributed by atoms with Crippen LogP contribution in [0.1, 0.15) is 6.42 Å². The van der Waals surface area contributed by atoms with Crippen LogP contribution in [0.5, 0.6) is 0 Å². The van der Waals surface area contributed by atoms with Gasteiger partial charge in [0.25, 0.3) is 0 Å². The van der Waals surface area contributed by atoms with Gasteiger partial charge < -0.3 is 15.2 Å². The van der Waals surface area contributed by atoms with Crippen molar-refractivity contribution in [1.82, 2.24) is 0 Å². The highest BCUT2D eigenvalue weighted by molar-refractivity contribution is 5.76. The molecule has 0 fully saturated rings. The van der Waals surface area contributed by atoms with Gasteiger partial charge >= 0.3 is 0 Å². The van der Waals surface area contributed by atoms with Gasteiger partial charge in [-0.15, -0.1) is 0 Å². The van der Waals surface area contributed by atoms with Crippen LogP contribution in [0.25, 0.3) is 0 Å². The lowest BCUT2D eigenvalue weighted by Crippen LogP contribution is -2.12. The number of hydrogen-bond donors (Lipinski definition) is 1. The summed E-state index contributed by atoms with van der Waals surface area (Å²) in [5.41, 5.74) is 4.88. The van der Waals surface area contributed by atoms with Gasteiger partial charge in [-0.2, -0.15) is 0 Å². The topological polar surface area (TPSA) is 61.6 Å². The first-order valence-electron chi connectivity index (χ1n) is 2.73. The zero-order valence-electron chi connectivity index (χ0n) is 5.24. The highest BCUT2D eigenvalue weighted by atomic mass is 16.5. The highest BCUT2D eigenvalue weighted by Crippen LogP contribution is 2.07. The van der Waals surface area contributed by atoms with Gasteiger partial charge in [-0.25, -0.2) is 0 Å². The van der Waals surface area contributed by atoms with Crippen molar-refractivity contribution in [2.75, 3.05) is 0 Å². The van der Waals surface area contributed by atoms with E-state index in [2.05, 4.69) is 0 Å². The van der Waals surface area contributed by atoms with Crippen molar-refractivity contribution in [1.29, 1.82) is 0 Å². The molecule has 0 spiro atoms. The Morgan fingerprint density at radius 2 is 2.40 bits per heavy atom. The first-order valence-corrected chi connectivity index (χ1v) is 2.73. The van der Waals surface area contributed by atoms with E-state index in [1.807, 2.05) is 0 Å². The Morgan fingerprint density at radius 3 is 2.90 bits per heavy atom. The summed E-state index contributed by atoms with van der Waals surface area (Å²) < 4.78 is 9.55. The molecule has 0 unspecified atom stereocenters. The third-order valence-corrected chi connectivity index (χ3v) is 0.901. The smallest absolute Gasteiger partial charge is 0.225 e. The van der Waals surface area contributed by atoms with Crippen LogP contribution in [0, 0.1) is 0 Å². The molecule has 54 valence electrons. The lowest BCUT2D eigenvalue weighted by atomic mass is 10.3. The summed E-state index contributed by atoms with van der Waals surface area (Å²) in [5, 5.41) is 0. The third-order valence-electron chi connectivity index (χ3n) is 0.901. The van der Waals surface area contributed by atoms with Crippen molar-refractivity contribution in [3.05, 3.63) is 24.5 Å². The molecule has 10 heavy (non-hydrogen) atoms. The predicted octanol–water partition coefficient (Wildman–Crippen LogP) is 0.221. The van der Waals surface area contributed by atoms with Crippen LogP contribution in [-0.2, 0) is 14.3 Å². The Balaban J connectivity index is 2.41. The minimum atomic E-state index is -0.440. The second-order valence-electron chi connectivity index (χ2n) is 1.75. The molecule has 0 saturated heterocycles. The molecule has 0 radical (unpaired) electrons. The minimum Gasteiger partial charge on any atom is -0.466 e. The van der Waals surface area contributed by atoms with E-state index in [4.69, 9.17) is 15.2 Å². The third kappa shape index (κ3) is 1.81. The van der Waals surface area contributed by atoms with Gasteiger partial charge in [0, 0.05) is 0 Å². The van der Waals surface area contributed by atoms with Gasteiger partial charge in [0.05, 0.1) is 6.42 Å². The SMILES string of the molecule is NC(=O)CC1=COC=CO1. The molecular formula is C6H7NO3. The molecule has 4 nitrogen and oxygen atoms in total. The lowest BCUT2D eigenvalue weighted by Gasteiger charge is -2.06. The molecule has 1 rings (SSSR count). The van der Waals surface area contributed by atoms with Crippen LogP contribution in [0.15, 0.2) is 24.5 Å². The van der Waals surface area contributed by atoms with E-state index in [1.54, 1.807) is 0 Å². The van der Waals surface area contributed by atoms with E-state index in [9.17, 15) is 4.79 Å². The zero-order chi connectivity index (χ0) is 7.40. The van der Waals surface area contributed by atoms with Crippen molar-refractivity contribution < 1.29 is 14.3 Å². The van der Waals surface area contributed by atoms with E-state index in [-0.39, 0.29) is 6.42 Å². The summed E-state index contributed by atoms with van der Waals surface area (Å²) in [6.07, 6.45) is 4.12. The van der Waals surface area contributed by atoms with Crippen LogP contribution in [0.3, 0.4) is 0 Å². The Morgan fingerprint density at radius 1 is 1.60 bits per heavy atom. The Bertz CT molecular complexity index is 195. The lowest BCUT2D eigenvalue weighted by molar-refractivity contribution is -0.117. The molecule has 2 N–H and O–H groups in total. The molecule has 1 aliphatic heterocycles. The summed E-state index contributed by atoms with van der Waals surface area (Å²) in [4.78, 5) is 10.3. The summed E-state index contributed by atoms with van der Waals surface area (Å²) in [6.45, 7) is 0. The average Bonchev–Trinajstić information content (AvgIpc) is 1.88. The van der Waals surface area contributed by atoms with Crippen molar-refractivity contribution in [2.45, 2.75) is 6.42 Å². The summed E-state index contributed by atoms with van der Waals surface area (Å²) in [7, 11) is 0. The van der Waals surface area contributed by atoms with E-state index < -0.39 is 5.91 Å². The normalized spacial score (nSPS) is 15.0. The number of carbonyl (C=O) groups excluding carboxylic acids is 1. The van der Waals surface area contributed by atoms with Crippen LogP contribution in [0.4, 0.5) is 0 Å². The second-order valence-corrected chi connectivity index (χ2v) is 1.75. The maximum Gasteiger partial charge on any atom is 0.225 e. The fraction of sp³-hybridized carbons (Fsp3) is 0.167. The van der Waals surface area contributed by atoms with Crippen LogP contribution < -0.4 is 5.73 Å². The largest absolute Gasteiger partial charge is 0.466 e. The van der Waals surface area contributed by atoms with Gasteiger partial charge in [0.15, 0.2) is 0 Å². The predicted molar refractivity (Wildman–Crippen MR) is 33.2 cm³/mol. The molecule has 1 aliphatic rings. The standard InChI is InChI=1S/C6H7NO3/c7-6(8)3-5-4-9-1-2-10-5/h1-2,4H,3H2,(H2,7,8). The highest BCUT2D eigenvalue weighted by Gasteiger charge is 2.04. The molecule has 0 aromatic carbocycles. The number of carbonyl (C=O) groups is 1. The van der Waals surface area contributed by atoms with Crippen LogP contribution in [0.2, 0.25) is 0 Å². The molecule has 0 saturated carbocycles. The number of ether oxygens (including phenoxy) is 2. The van der Waals surface area contributed by atoms with E-state index in [1.165, 1.54) is 18.8 Å². The molecule has 0 bridgehead atoms. The monoisotopic (exact) mass is 141 g/mol. The average molecular weight is 141 g/mol. The second kappa shape index (κ2) is 2.91. The van der Waals surface area contributed by atoms with Gasteiger partial charge in [0.1, 0.15) is 24.5 Å². The Hall–Kier alpha value is -1.45. The van der Waals surface area contributed by atoms with E-state index in [0.717, 1.165) is 0 Å². The Kier molecular flexibility index (Phi) is 1.94. The van der Waals surface area contributed by atoms with Crippen molar-refractivity contribution in [3.63, 3.8) is 0 Å². The molecule has 1 heterocycles. The molecule has 0 aromatic heterocycles. The summed E-state index contributed by atoms with van der Waals surface area (Å²) >= 11 is 0. The van der Waals surface area contributed by atoms with Crippen molar-refractivity contribution in [3.8, 4) is 0 Å². The fourth-order valence-electron chi connectivity index (χ4n) is 0.545. The minimum absolute atomic E-state index is 0.0737. The molecule has 0 aromatic rings. The van der Waals surface area contributed by atoms with E-state index >= 15 is 0 Å². The molecule has 1 amide bonds. The van der Waals surface area contributed by atoms with Gasteiger partial charge in [-0.05, 0) is 0 Å². The zero-order valence-corrected chi connectivity index (χ0v) is 5.24.